The third kappa shape index (κ3) is 3.08. The molecule has 19 heavy (non-hydrogen) atoms. The molecule has 1 atom stereocenters. The normalized spacial score (nSPS) is 12.6. The van der Waals surface area contributed by atoms with E-state index in [1.54, 1.807) is 0 Å². The van der Waals surface area contributed by atoms with Crippen LogP contribution in [0.4, 0.5) is 5.69 Å². The zero-order valence-corrected chi connectivity index (χ0v) is 11.6. The molecule has 1 aromatic heterocycles. The van der Waals surface area contributed by atoms with Gasteiger partial charge >= 0.3 is 5.63 Å². The van der Waals surface area contributed by atoms with Crippen LogP contribution in [0.1, 0.15) is 11.1 Å². The number of alkyl halides is 1. The first kappa shape index (κ1) is 13.9. The van der Waals surface area contributed by atoms with E-state index < -0.39 is 6.10 Å². The number of halogens is 1. The summed E-state index contributed by atoms with van der Waals surface area (Å²) in [5.41, 5.74) is 2.94. The standard InChI is InChI=1S/C14H16ClNO3/c1-8-4-14(18)19-13-3-9(2)12(5-11(8)13)16-7-10(17)6-15/h3-5,10,16-17H,6-7H2,1-2H3. The smallest absolute Gasteiger partial charge is 0.336 e. The van der Waals surface area contributed by atoms with Crippen molar-refractivity contribution in [3.8, 4) is 0 Å². The number of fused-ring (bicyclic) bond motifs is 1. The first-order valence-corrected chi connectivity index (χ1v) is 6.57. The molecule has 4 nitrogen and oxygen atoms in total. The summed E-state index contributed by atoms with van der Waals surface area (Å²) in [5, 5.41) is 13.5. The minimum Gasteiger partial charge on any atom is -0.423 e. The van der Waals surface area contributed by atoms with Gasteiger partial charge in [-0.3, -0.25) is 0 Å². The van der Waals surface area contributed by atoms with Gasteiger partial charge in [-0.2, -0.15) is 0 Å². The van der Waals surface area contributed by atoms with Crippen molar-refractivity contribution in [1.29, 1.82) is 0 Å². The molecule has 5 heteroatoms. The summed E-state index contributed by atoms with van der Waals surface area (Å²) >= 11 is 5.56. The van der Waals surface area contributed by atoms with E-state index in [0.29, 0.717) is 12.1 Å². The first-order chi connectivity index (χ1) is 9.01. The molecule has 2 rings (SSSR count). The molecule has 0 amide bonds. The maximum Gasteiger partial charge on any atom is 0.336 e. The number of nitrogens with one attached hydrogen (secondary N) is 1. The van der Waals surface area contributed by atoms with E-state index in [-0.39, 0.29) is 11.5 Å². The number of aliphatic hydroxyl groups is 1. The van der Waals surface area contributed by atoms with E-state index in [2.05, 4.69) is 5.32 Å². The summed E-state index contributed by atoms with van der Waals surface area (Å²) in [6.07, 6.45) is -0.591. The van der Waals surface area contributed by atoms with Gasteiger partial charge in [-0.1, -0.05) is 0 Å². The maximum absolute atomic E-state index is 11.3. The Morgan fingerprint density at radius 2 is 2.05 bits per heavy atom. The number of hydrogen-bond donors (Lipinski definition) is 2. The van der Waals surface area contributed by atoms with Crippen molar-refractivity contribution >= 4 is 28.3 Å². The maximum atomic E-state index is 11.3. The highest BCUT2D eigenvalue weighted by Crippen LogP contribution is 2.24. The average molecular weight is 282 g/mol. The molecule has 0 bridgehead atoms. The van der Waals surface area contributed by atoms with Crippen molar-refractivity contribution in [2.75, 3.05) is 17.7 Å². The Balaban J connectivity index is 2.41. The van der Waals surface area contributed by atoms with Gasteiger partial charge in [-0.15, -0.1) is 11.6 Å². The van der Waals surface area contributed by atoms with Crippen LogP contribution in [0.3, 0.4) is 0 Å². The van der Waals surface area contributed by atoms with Crippen molar-refractivity contribution in [3.63, 3.8) is 0 Å². The Hall–Kier alpha value is -1.52. The number of rotatable bonds is 4. The number of hydrogen-bond acceptors (Lipinski definition) is 4. The van der Waals surface area contributed by atoms with E-state index in [4.69, 9.17) is 16.0 Å². The molecule has 0 aliphatic carbocycles. The molecule has 2 N–H and O–H groups in total. The number of aliphatic hydroxyl groups excluding tert-OH is 1. The van der Waals surface area contributed by atoms with Crippen molar-refractivity contribution < 1.29 is 9.52 Å². The van der Waals surface area contributed by atoms with Crippen LogP contribution in [0.15, 0.2) is 27.4 Å². The van der Waals surface area contributed by atoms with Crippen LogP contribution in [-0.2, 0) is 0 Å². The van der Waals surface area contributed by atoms with Gasteiger partial charge in [0, 0.05) is 23.7 Å². The van der Waals surface area contributed by atoms with Gasteiger partial charge in [-0.05, 0) is 37.1 Å². The second-order valence-corrected chi connectivity index (χ2v) is 4.91. The van der Waals surface area contributed by atoms with Gasteiger partial charge in [0.2, 0.25) is 0 Å². The molecule has 0 saturated heterocycles. The summed E-state index contributed by atoms with van der Waals surface area (Å²) in [4.78, 5) is 11.3. The Morgan fingerprint density at radius 1 is 1.32 bits per heavy atom. The summed E-state index contributed by atoms with van der Waals surface area (Å²) in [5.74, 6) is 0.188. The summed E-state index contributed by atoms with van der Waals surface area (Å²) in [7, 11) is 0. The second-order valence-electron chi connectivity index (χ2n) is 4.60. The molecule has 1 unspecified atom stereocenters. The van der Waals surface area contributed by atoms with Gasteiger partial charge in [0.25, 0.3) is 0 Å². The van der Waals surface area contributed by atoms with E-state index in [9.17, 15) is 9.90 Å². The zero-order valence-electron chi connectivity index (χ0n) is 10.9. The molecule has 0 fully saturated rings. The Bertz CT molecular complexity index is 651. The van der Waals surface area contributed by atoms with Crippen molar-refractivity contribution in [3.05, 3.63) is 39.7 Å². The quantitative estimate of drug-likeness (QED) is 0.667. The van der Waals surface area contributed by atoms with Gasteiger partial charge in [0.15, 0.2) is 0 Å². The third-order valence-corrected chi connectivity index (χ3v) is 3.36. The molecule has 0 saturated carbocycles. The molecule has 0 aliphatic heterocycles. The third-order valence-electron chi connectivity index (χ3n) is 3.00. The van der Waals surface area contributed by atoms with Crippen LogP contribution in [0.5, 0.6) is 0 Å². The largest absolute Gasteiger partial charge is 0.423 e. The number of anilines is 1. The molecule has 0 spiro atoms. The molecule has 2 aromatic rings. The predicted molar refractivity (Wildman–Crippen MR) is 77.2 cm³/mol. The Kier molecular flexibility index (Phi) is 4.12. The van der Waals surface area contributed by atoms with Crippen LogP contribution in [0, 0.1) is 13.8 Å². The monoisotopic (exact) mass is 281 g/mol. The van der Waals surface area contributed by atoms with Gasteiger partial charge < -0.3 is 14.8 Å². The van der Waals surface area contributed by atoms with Crippen LogP contribution in [0.2, 0.25) is 0 Å². The molecule has 0 aliphatic rings. The molecule has 1 aromatic carbocycles. The molecule has 1 heterocycles. The lowest BCUT2D eigenvalue weighted by Crippen LogP contribution is -2.21. The SMILES string of the molecule is Cc1cc2oc(=O)cc(C)c2cc1NCC(O)CCl. The minimum atomic E-state index is -0.591. The lowest BCUT2D eigenvalue weighted by atomic mass is 10.1. The van der Waals surface area contributed by atoms with E-state index >= 15 is 0 Å². The number of benzene rings is 1. The minimum absolute atomic E-state index is 0.188. The Labute approximate surface area is 116 Å². The lowest BCUT2D eigenvalue weighted by Gasteiger charge is -2.13. The summed E-state index contributed by atoms with van der Waals surface area (Å²) < 4.78 is 5.17. The summed E-state index contributed by atoms with van der Waals surface area (Å²) in [6.45, 7) is 4.16. The topological polar surface area (TPSA) is 62.5 Å². The predicted octanol–water partition coefficient (Wildman–Crippen LogP) is 2.42. The molecule has 0 radical (unpaired) electrons. The van der Waals surface area contributed by atoms with Gasteiger partial charge in [0.1, 0.15) is 5.58 Å². The zero-order chi connectivity index (χ0) is 14.0. The fraction of sp³-hybridized carbons (Fsp3) is 0.357. The van der Waals surface area contributed by atoms with Crippen molar-refractivity contribution in [2.24, 2.45) is 0 Å². The van der Waals surface area contributed by atoms with Gasteiger partial charge in [-0.25, -0.2) is 4.79 Å². The lowest BCUT2D eigenvalue weighted by molar-refractivity contribution is 0.211. The fourth-order valence-electron chi connectivity index (χ4n) is 1.94. The van der Waals surface area contributed by atoms with Crippen molar-refractivity contribution in [2.45, 2.75) is 20.0 Å². The fourth-order valence-corrected chi connectivity index (χ4v) is 2.05. The van der Waals surface area contributed by atoms with E-state index in [1.165, 1.54) is 6.07 Å². The average Bonchev–Trinajstić information content (AvgIpc) is 2.36. The van der Waals surface area contributed by atoms with Gasteiger partial charge in [0.05, 0.1) is 12.0 Å². The van der Waals surface area contributed by atoms with Crippen LogP contribution in [0.25, 0.3) is 11.0 Å². The Morgan fingerprint density at radius 3 is 2.74 bits per heavy atom. The molecule has 102 valence electrons. The highest BCUT2D eigenvalue weighted by molar-refractivity contribution is 6.18. The van der Waals surface area contributed by atoms with Crippen LogP contribution >= 0.6 is 11.6 Å². The molecular weight excluding hydrogens is 266 g/mol. The first-order valence-electron chi connectivity index (χ1n) is 6.04. The molecular formula is C14H16ClNO3. The van der Waals surface area contributed by atoms with E-state index in [0.717, 1.165) is 22.2 Å². The van der Waals surface area contributed by atoms with Crippen LogP contribution in [-0.4, -0.2) is 23.6 Å². The van der Waals surface area contributed by atoms with E-state index in [1.807, 2.05) is 26.0 Å². The highest BCUT2D eigenvalue weighted by atomic mass is 35.5. The van der Waals surface area contributed by atoms with Crippen LogP contribution < -0.4 is 10.9 Å². The highest BCUT2D eigenvalue weighted by Gasteiger charge is 2.08. The summed E-state index contributed by atoms with van der Waals surface area (Å²) in [6, 6.07) is 5.21. The van der Waals surface area contributed by atoms with Crippen molar-refractivity contribution in [1.82, 2.24) is 0 Å². The number of aryl methyl sites for hydroxylation is 2. The second kappa shape index (κ2) is 5.63.